The normalized spacial score (nSPS) is 91.2. The molecule has 5 rings (SSSR count). The Kier molecular flexibility index (Phi) is 0.352. The zero-order chi connectivity index (χ0) is 6.03. The minimum atomic E-state index is 1.27. The molecule has 0 heterocycles. The van der Waals surface area contributed by atoms with E-state index in [4.69, 9.17) is 0 Å². The van der Waals surface area contributed by atoms with Gasteiger partial charge < -0.3 is 0 Å². The van der Waals surface area contributed by atoms with Gasteiger partial charge in [0.05, 0.1) is 0 Å². The fourth-order valence-corrected chi connectivity index (χ4v) is 5.59. The predicted molar refractivity (Wildman–Crippen MR) is 37.2 cm³/mol. The van der Waals surface area contributed by atoms with Crippen LogP contribution in [-0.2, 0) is 0 Å². The van der Waals surface area contributed by atoms with E-state index in [9.17, 15) is 0 Å². The summed E-state index contributed by atoms with van der Waals surface area (Å²) in [7, 11) is 0. The first-order valence-electron chi connectivity index (χ1n) is 4.98. The molecule has 7 atom stereocenters. The van der Waals surface area contributed by atoms with Crippen molar-refractivity contribution in [2.75, 3.05) is 0 Å². The first-order chi connectivity index (χ1) is 4.98. The second kappa shape index (κ2) is 0.852. The molecule has 0 bridgehead atoms. The van der Waals surface area contributed by atoms with Crippen molar-refractivity contribution in [1.29, 1.82) is 0 Å². The molecule has 52 valence electrons. The Morgan fingerprint density at radius 3 is 1.50 bits per heavy atom. The van der Waals surface area contributed by atoms with Gasteiger partial charge in [0.1, 0.15) is 0 Å². The zero-order valence-corrected chi connectivity index (χ0v) is 6.03. The molecule has 0 N–H and O–H groups in total. The number of hydrogen-bond donors (Lipinski definition) is 0. The van der Waals surface area contributed by atoms with Crippen LogP contribution in [0.25, 0.3) is 0 Å². The van der Waals surface area contributed by atoms with Crippen molar-refractivity contribution < 1.29 is 0 Å². The van der Waals surface area contributed by atoms with Gasteiger partial charge in [-0.05, 0) is 60.2 Å². The molecule has 10 heavy (non-hydrogen) atoms. The van der Waals surface area contributed by atoms with E-state index >= 15 is 0 Å². The molecule has 0 aromatic carbocycles. The van der Waals surface area contributed by atoms with Gasteiger partial charge in [0.2, 0.25) is 0 Å². The molecule has 0 aromatic rings. The second-order valence-corrected chi connectivity index (χ2v) is 5.37. The zero-order valence-electron chi connectivity index (χ0n) is 6.03. The van der Waals surface area contributed by atoms with Gasteiger partial charge in [-0.15, -0.1) is 0 Å². The Morgan fingerprint density at radius 2 is 0.900 bits per heavy atom. The largest absolute Gasteiger partial charge is 0.0496 e. The number of hydrogen-bond acceptors (Lipinski definition) is 0. The van der Waals surface area contributed by atoms with Crippen molar-refractivity contribution >= 4 is 0 Å². The summed E-state index contributed by atoms with van der Waals surface area (Å²) < 4.78 is 0. The highest BCUT2D eigenvalue weighted by Gasteiger charge is 2.87. The van der Waals surface area contributed by atoms with Crippen LogP contribution < -0.4 is 0 Å². The second-order valence-electron chi connectivity index (χ2n) is 5.37. The Balaban J connectivity index is 1.84. The van der Waals surface area contributed by atoms with Gasteiger partial charge in [-0.1, -0.05) is 0 Å². The molecule has 5 aliphatic carbocycles. The van der Waals surface area contributed by atoms with E-state index in [1.54, 1.807) is 12.8 Å². The van der Waals surface area contributed by atoms with Crippen LogP contribution in [-0.4, -0.2) is 0 Å². The molecule has 5 saturated carbocycles. The summed E-state index contributed by atoms with van der Waals surface area (Å²) >= 11 is 0. The third-order valence-electron chi connectivity index (χ3n) is 5.64. The predicted octanol–water partition coefficient (Wildman–Crippen LogP) is 1.76. The van der Waals surface area contributed by atoms with Crippen LogP contribution in [0.3, 0.4) is 0 Å². The summed E-state index contributed by atoms with van der Waals surface area (Å²) in [4.78, 5) is 0. The van der Waals surface area contributed by atoms with Crippen LogP contribution in [0.4, 0.5) is 0 Å². The van der Waals surface area contributed by atoms with E-state index in [0.29, 0.717) is 0 Å². The molecule has 0 amide bonds. The van der Waals surface area contributed by atoms with E-state index in [1.165, 1.54) is 47.3 Å². The molecule has 0 radical (unpaired) electrons. The Labute approximate surface area is 61.0 Å². The molecular weight excluding hydrogens is 120 g/mol. The highest BCUT2D eigenvalue weighted by Crippen LogP contribution is 2.91. The molecule has 0 heteroatoms. The van der Waals surface area contributed by atoms with E-state index in [2.05, 4.69) is 0 Å². The van der Waals surface area contributed by atoms with Crippen LogP contribution in [0.5, 0.6) is 0 Å². The molecular formula is C10H12. The Hall–Kier alpha value is 0. The topological polar surface area (TPSA) is 0 Å². The number of fused-ring (bicyclic) bond motifs is 4. The standard InChI is InChI=1S/C10H12/c1-2-4-7-5-3(1)6(5)9-8(4)10(7)9/h3-10H,1-2H2. The third-order valence-corrected chi connectivity index (χ3v) is 5.64. The fraction of sp³-hybridized carbons (Fsp3) is 1.00. The lowest BCUT2D eigenvalue weighted by molar-refractivity contribution is 0.0817. The summed E-state index contributed by atoms with van der Waals surface area (Å²) in [6, 6.07) is 0. The smallest absolute Gasteiger partial charge is 0.0312 e. The molecule has 0 aliphatic heterocycles. The van der Waals surface area contributed by atoms with Gasteiger partial charge in [0, 0.05) is 0 Å². The summed E-state index contributed by atoms with van der Waals surface area (Å²) in [5, 5.41) is 0. The minimum absolute atomic E-state index is 1.27. The quantitative estimate of drug-likeness (QED) is 0.471. The van der Waals surface area contributed by atoms with Crippen molar-refractivity contribution in [3.05, 3.63) is 0 Å². The molecule has 0 saturated heterocycles. The van der Waals surface area contributed by atoms with Crippen molar-refractivity contribution in [1.82, 2.24) is 0 Å². The highest BCUT2D eigenvalue weighted by molar-refractivity contribution is 5.34. The number of rotatable bonds is 0. The molecule has 7 unspecified atom stereocenters. The first-order valence-corrected chi connectivity index (χ1v) is 4.98. The average Bonchev–Trinajstić information content (AvgIpc) is 2.67. The van der Waals surface area contributed by atoms with Gasteiger partial charge >= 0.3 is 0 Å². The van der Waals surface area contributed by atoms with Crippen LogP contribution in [0.2, 0.25) is 0 Å². The summed E-state index contributed by atoms with van der Waals surface area (Å²) in [6.07, 6.45) is 3.27. The van der Waals surface area contributed by atoms with Crippen LogP contribution in [0.1, 0.15) is 12.8 Å². The Morgan fingerprint density at radius 1 is 0.500 bits per heavy atom. The summed E-state index contributed by atoms with van der Waals surface area (Å²) in [5.74, 6) is 10.4. The molecule has 5 fully saturated rings. The van der Waals surface area contributed by atoms with E-state index in [0.717, 1.165) is 0 Å². The summed E-state index contributed by atoms with van der Waals surface area (Å²) in [5.41, 5.74) is 0. The van der Waals surface area contributed by atoms with Gasteiger partial charge in [0.15, 0.2) is 0 Å². The van der Waals surface area contributed by atoms with E-state index in [-0.39, 0.29) is 0 Å². The van der Waals surface area contributed by atoms with Gasteiger partial charge in [-0.25, -0.2) is 0 Å². The Bertz CT molecular complexity index is 226. The maximum Gasteiger partial charge on any atom is -0.0312 e. The first kappa shape index (κ1) is 4.13. The van der Waals surface area contributed by atoms with Crippen LogP contribution in [0, 0.1) is 47.3 Å². The molecule has 0 aromatic heterocycles. The fourth-order valence-electron chi connectivity index (χ4n) is 5.59. The van der Waals surface area contributed by atoms with E-state index in [1.807, 2.05) is 0 Å². The van der Waals surface area contributed by atoms with Crippen LogP contribution >= 0.6 is 0 Å². The van der Waals surface area contributed by atoms with Crippen molar-refractivity contribution in [3.63, 3.8) is 0 Å². The van der Waals surface area contributed by atoms with Crippen LogP contribution in [0.15, 0.2) is 0 Å². The minimum Gasteiger partial charge on any atom is -0.0496 e. The SMILES string of the molecule is C1CC2C3C4C1C4C1C2C31. The summed E-state index contributed by atoms with van der Waals surface area (Å²) in [6.45, 7) is 0. The van der Waals surface area contributed by atoms with Crippen molar-refractivity contribution in [2.24, 2.45) is 47.3 Å². The van der Waals surface area contributed by atoms with E-state index < -0.39 is 0 Å². The van der Waals surface area contributed by atoms with Gasteiger partial charge in [-0.2, -0.15) is 0 Å². The van der Waals surface area contributed by atoms with Gasteiger partial charge in [-0.3, -0.25) is 0 Å². The maximum absolute atomic E-state index is 1.64. The molecule has 5 aliphatic rings. The van der Waals surface area contributed by atoms with Gasteiger partial charge in [0.25, 0.3) is 0 Å². The third kappa shape index (κ3) is 0.194. The lowest BCUT2D eigenvalue weighted by Gasteiger charge is -2.39. The lowest BCUT2D eigenvalue weighted by atomic mass is 9.65. The monoisotopic (exact) mass is 132 g/mol. The molecule has 0 nitrogen and oxygen atoms in total. The average molecular weight is 132 g/mol. The molecule has 0 spiro atoms. The highest BCUT2D eigenvalue weighted by atomic mass is 14.9. The lowest BCUT2D eigenvalue weighted by Crippen LogP contribution is -2.34. The maximum atomic E-state index is 1.64. The van der Waals surface area contributed by atoms with Crippen molar-refractivity contribution in [3.8, 4) is 0 Å². The van der Waals surface area contributed by atoms with Crippen molar-refractivity contribution in [2.45, 2.75) is 12.8 Å².